The average Bonchev–Trinajstić information content (AvgIpc) is 2.77. The number of nitrogens with zero attached hydrogens (tertiary/aromatic N) is 2. The summed E-state index contributed by atoms with van der Waals surface area (Å²) < 4.78 is 39.9. The van der Waals surface area contributed by atoms with E-state index in [9.17, 15) is 27.6 Å². The normalized spacial score (nSPS) is 20.7. The van der Waals surface area contributed by atoms with Crippen LogP contribution in [0.15, 0.2) is 29.1 Å². The van der Waals surface area contributed by atoms with Crippen LogP contribution in [0.4, 0.5) is 30.6 Å². The first-order valence-corrected chi connectivity index (χ1v) is 10.9. The standard InChI is InChI=1S/C22H24F3N5O3/c1-2-12-7-5-6-10-30(12)21-28-18-17(20(33)29-21)13(11-16(31)27-18)19(32)26-15-9-4-3-8-14(15)22(23,24)25/h3-4,8-9,12-13H,2,5-7,10-11H2,1H3,(H,26,32)(H2,27,28,29,31,33)/t12-,13+/m1/s1. The lowest BCUT2D eigenvalue weighted by Crippen LogP contribution is -2.43. The predicted molar refractivity (Wildman–Crippen MR) is 116 cm³/mol. The predicted octanol–water partition coefficient (Wildman–Crippen LogP) is 3.62. The highest BCUT2D eigenvalue weighted by Crippen LogP contribution is 2.36. The third-order valence-corrected chi connectivity index (χ3v) is 6.12. The molecule has 0 spiro atoms. The molecular weight excluding hydrogens is 439 g/mol. The molecule has 1 aromatic heterocycles. The number of carbonyl (C=O) groups is 2. The number of piperidine rings is 1. The lowest BCUT2D eigenvalue weighted by atomic mass is 9.92. The first kappa shape index (κ1) is 22.8. The van der Waals surface area contributed by atoms with E-state index < -0.39 is 40.7 Å². The van der Waals surface area contributed by atoms with Crippen LogP contribution in [0, 0.1) is 0 Å². The van der Waals surface area contributed by atoms with Crippen LogP contribution in [-0.4, -0.2) is 34.4 Å². The first-order valence-electron chi connectivity index (χ1n) is 10.9. The SMILES string of the molecule is CC[C@@H]1CCCCN1c1nc2c(c(=O)[nH]1)[C@@H](C(=O)Nc1ccccc1C(F)(F)F)CC(=O)N2. The molecule has 2 aromatic rings. The van der Waals surface area contributed by atoms with E-state index >= 15 is 0 Å². The van der Waals surface area contributed by atoms with Crippen molar-refractivity contribution in [2.45, 2.75) is 57.2 Å². The molecule has 3 N–H and O–H groups in total. The van der Waals surface area contributed by atoms with Crippen LogP contribution in [0.2, 0.25) is 0 Å². The van der Waals surface area contributed by atoms with Gasteiger partial charge in [0, 0.05) is 19.0 Å². The summed E-state index contributed by atoms with van der Waals surface area (Å²) in [5.41, 5.74) is -2.12. The van der Waals surface area contributed by atoms with Crippen molar-refractivity contribution < 1.29 is 22.8 Å². The van der Waals surface area contributed by atoms with E-state index in [0.29, 0.717) is 12.5 Å². The molecule has 2 atom stereocenters. The zero-order valence-electron chi connectivity index (χ0n) is 18.0. The number of anilines is 3. The number of carbonyl (C=O) groups excluding carboxylic acids is 2. The van der Waals surface area contributed by atoms with E-state index in [2.05, 4.69) is 20.6 Å². The van der Waals surface area contributed by atoms with Crippen molar-refractivity contribution in [3.63, 3.8) is 0 Å². The zero-order valence-corrected chi connectivity index (χ0v) is 18.0. The van der Waals surface area contributed by atoms with Crippen molar-refractivity contribution in [1.29, 1.82) is 0 Å². The number of para-hydroxylation sites is 1. The Morgan fingerprint density at radius 1 is 1.24 bits per heavy atom. The number of aromatic nitrogens is 2. The van der Waals surface area contributed by atoms with E-state index in [0.717, 1.165) is 37.8 Å². The summed E-state index contributed by atoms with van der Waals surface area (Å²) >= 11 is 0. The van der Waals surface area contributed by atoms with Gasteiger partial charge in [-0.25, -0.2) is 0 Å². The molecule has 0 aliphatic carbocycles. The van der Waals surface area contributed by atoms with Crippen LogP contribution < -0.4 is 21.1 Å². The van der Waals surface area contributed by atoms with Gasteiger partial charge in [0.25, 0.3) is 5.56 Å². The van der Waals surface area contributed by atoms with E-state index in [1.807, 2.05) is 11.8 Å². The Hall–Kier alpha value is -3.37. The summed E-state index contributed by atoms with van der Waals surface area (Å²) in [4.78, 5) is 47.4. The quantitative estimate of drug-likeness (QED) is 0.642. The minimum Gasteiger partial charge on any atom is -0.339 e. The number of alkyl halides is 3. The van der Waals surface area contributed by atoms with Crippen LogP contribution in [0.25, 0.3) is 0 Å². The van der Waals surface area contributed by atoms with Gasteiger partial charge in [0.15, 0.2) is 0 Å². The van der Waals surface area contributed by atoms with E-state index in [1.165, 1.54) is 12.1 Å². The fourth-order valence-corrected chi connectivity index (χ4v) is 4.48. The molecule has 0 bridgehead atoms. The number of hydrogen-bond donors (Lipinski definition) is 3. The molecule has 2 aliphatic heterocycles. The minimum absolute atomic E-state index is 0.0327. The Morgan fingerprint density at radius 2 is 2.00 bits per heavy atom. The number of hydrogen-bond acceptors (Lipinski definition) is 5. The number of fused-ring (bicyclic) bond motifs is 1. The van der Waals surface area contributed by atoms with Gasteiger partial charge < -0.3 is 15.5 Å². The van der Waals surface area contributed by atoms with Gasteiger partial charge in [-0.1, -0.05) is 19.1 Å². The van der Waals surface area contributed by atoms with Gasteiger partial charge in [0.05, 0.1) is 22.7 Å². The number of rotatable bonds is 4. The molecule has 11 heteroatoms. The maximum atomic E-state index is 13.3. The fraction of sp³-hybridized carbons (Fsp3) is 0.455. The molecule has 33 heavy (non-hydrogen) atoms. The third-order valence-electron chi connectivity index (χ3n) is 6.12. The maximum Gasteiger partial charge on any atom is 0.418 e. The van der Waals surface area contributed by atoms with Crippen molar-refractivity contribution in [3.05, 3.63) is 45.7 Å². The fourth-order valence-electron chi connectivity index (χ4n) is 4.48. The molecule has 0 unspecified atom stereocenters. The molecule has 1 fully saturated rings. The molecule has 0 radical (unpaired) electrons. The summed E-state index contributed by atoms with van der Waals surface area (Å²) in [5, 5.41) is 4.78. The van der Waals surface area contributed by atoms with Crippen molar-refractivity contribution in [1.82, 2.24) is 9.97 Å². The number of H-pyrrole nitrogens is 1. The second kappa shape index (κ2) is 8.87. The topological polar surface area (TPSA) is 107 Å². The van der Waals surface area contributed by atoms with Crippen LogP contribution in [0.1, 0.15) is 56.1 Å². The number of halogens is 3. The van der Waals surface area contributed by atoms with E-state index in [-0.39, 0.29) is 23.8 Å². The summed E-state index contributed by atoms with van der Waals surface area (Å²) in [6.45, 7) is 2.74. The smallest absolute Gasteiger partial charge is 0.339 e. The van der Waals surface area contributed by atoms with E-state index in [4.69, 9.17) is 0 Å². The van der Waals surface area contributed by atoms with Crippen LogP contribution in [0.5, 0.6) is 0 Å². The Bertz CT molecular complexity index is 1130. The van der Waals surface area contributed by atoms with Gasteiger partial charge in [0.1, 0.15) is 5.82 Å². The van der Waals surface area contributed by atoms with Gasteiger partial charge in [-0.15, -0.1) is 0 Å². The number of nitrogens with one attached hydrogen (secondary N) is 3. The van der Waals surface area contributed by atoms with Crippen LogP contribution in [0.3, 0.4) is 0 Å². The lowest BCUT2D eigenvalue weighted by molar-refractivity contribution is -0.137. The highest BCUT2D eigenvalue weighted by atomic mass is 19.4. The molecule has 1 saturated heterocycles. The molecule has 2 aliphatic rings. The Morgan fingerprint density at radius 3 is 2.73 bits per heavy atom. The van der Waals surface area contributed by atoms with Gasteiger partial charge in [-0.3, -0.25) is 19.4 Å². The second-order valence-corrected chi connectivity index (χ2v) is 8.24. The monoisotopic (exact) mass is 463 g/mol. The maximum absolute atomic E-state index is 13.3. The second-order valence-electron chi connectivity index (χ2n) is 8.24. The number of amides is 2. The summed E-state index contributed by atoms with van der Waals surface area (Å²) in [5.74, 6) is -2.42. The Kier molecular flexibility index (Phi) is 6.13. The van der Waals surface area contributed by atoms with Gasteiger partial charge in [-0.05, 0) is 37.8 Å². The lowest BCUT2D eigenvalue weighted by Gasteiger charge is -2.36. The number of aromatic amines is 1. The molecule has 2 amide bonds. The average molecular weight is 463 g/mol. The molecule has 176 valence electrons. The summed E-state index contributed by atoms with van der Waals surface area (Å²) in [7, 11) is 0. The van der Waals surface area contributed by atoms with Gasteiger partial charge in [0.2, 0.25) is 17.8 Å². The van der Waals surface area contributed by atoms with Crippen LogP contribution >= 0.6 is 0 Å². The van der Waals surface area contributed by atoms with E-state index in [1.54, 1.807) is 0 Å². The molecular formula is C22H24F3N5O3. The minimum atomic E-state index is -4.68. The summed E-state index contributed by atoms with van der Waals surface area (Å²) in [6.07, 6.45) is -1.23. The zero-order chi connectivity index (χ0) is 23.8. The highest BCUT2D eigenvalue weighted by molar-refractivity contribution is 6.04. The largest absolute Gasteiger partial charge is 0.418 e. The molecule has 1 aromatic carbocycles. The van der Waals surface area contributed by atoms with Crippen molar-refractivity contribution in [2.75, 3.05) is 22.1 Å². The van der Waals surface area contributed by atoms with Crippen molar-refractivity contribution in [2.24, 2.45) is 0 Å². The molecule has 0 saturated carbocycles. The highest BCUT2D eigenvalue weighted by Gasteiger charge is 2.38. The number of benzene rings is 1. The molecule has 3 heterocycles. The Balaban J connectivity index is 1.67. The van der Waals surface area contributed by atoms with Gasteiger partial charge >= 0.3 is 6.18 Å². The Labute approximate surface area is 187 Å². The first-order chi connectivity index (χ1) is 15.7. The third kappa shape index (κ3) is 4.57. The molecule has 8 nitrogen and oxygen atoms in total. The summed E-state index contributed by atoms with van der Waals surface area (Å²) in [6, 6.07) is 4.73. The van der Waals surface area contributed by atoms with Crippen LogP contribution in [-0.2, 0) is 15.8 Å². The van der Waals surface area contributed by atoms with Crippen molar-refractivity contribution >= 4 is 29.3 Å². The van der Waals surface area contributed by atoms with Gasteiger partial charge in [-0.2, -0.15) is 18.2 Å². The molecule has 4 rings (SSSR count). The van der Waals surface area contributed by atoms with Crippen molar-refractivity contribution in [3.8, 4) is 0 Å².